The van der Waals surface area contributed by atoms with Gasteiger partial charge in [0.25, 0.3) is 0 Å². The first-order chi connectivity index (χ1) is 8.06. The van der Waals surface area contributed by atoms with E-state index in [1.165, 1.54) is 17.0 Å². The van der Waals surface area contributed by atoms with E-state index in [-0.39, 0.29) is 5.82 Å². The minimum atomic E-state index is -0.280. The van der Waals surface area contributed by atoms with Gasteiger partial charge in [-0.05, 0) is 32.4 Å². The second-order valence-electron chi connectivity index (χ2n) is 3.95. The van der Waals surface area contributed by atoms with Crippen molar-refractivity contribution in [2.45, 2.75) is 27.4 Å². The number of hydrogen-bond acceptors (Lipinski definition) is 3. The van der Waals surface area contributed by atoms with Crippen molar-refractivity contribution in [2.75, 3.05) is 0 Å². The van der Waals surface area contributed by atoms with Crippen LogP contribution < -0.4 is 4.74 Å². The van der Waals surface area contributed by atoms with Crippen molar-refractivity contribution in [3.63, 3.8) is 0 Å². The molecule has 1 heterocycles. The fraction of sp³-hybridized carbons (Fsp3) is 0.308. The fourth-order valence-corrected chi connectivity index (χ4v) is 2.32. The Balaban J connectivity index is 2.09. The highest BCUT2D eigenvalue weighted by Crippen LogP contribution is 2.22. The van der Waals surface area contributed by atoms with E-state index >= 15 is 0 Å². The van der Waals surface area contributed by atoms with Gasteiger partial charge in [-0.25, -0.2) is 9.37 Å². The standard InChI is InChI=1S/C13H14FNOS/c1-8-4-5-11(14)6-12(8)16-7-13-15-9(2)10(3)17-13/h4-6H,7H2,1-3H3. The lowest BCUT2D eigenvalue weighted by Crippen LogP contribution is -1.97. The average molecular weight is 251 g/mol. The topological polar surface area (TPSA) is 22.1 Å². The Morgan fingerprint density at radius 2 is 2.06 bits per heavy atom. The summed E-state index contributed by atoms with van der Waals surface area (Å²) in [5, 5.41) is 0.920. The molecule has 0 radical (unpaired) electrons. The highest BCUT2D eigenvalue weighted by atomic mass is 32.1. The van der Waals surface area contributed by atoms with E-state index in [1.807, 2.05) is 20.8 Å². The molecule has 0 saturated heterocycles. The molecule has 0 N–H and O–H groups in total. The number of aromatic nitrogens is 1. The quantitative estimate of drug-likeness (QED) is 0.828. The van der Waals surface area contributed by atoms with Gasteiger partial charge in [0.15, 0.2) is 0 Å². The normalized spacial score (nSPS) is 10.6. The molecule has 17 heavy (non-hydrogen) atoms. The van der Waals surface area contributed by atoms with Crippen molar-refractivity contribution in [3.8, 4) is 5.75 Å². The van der Waals surface area contributed by atoms with Gasteiger partial charge < -0.3 is 4.74 Å². The molecule has 2 rings (SSSR count). The Morgan fingerprint density at radius 3 is 2.71 bits per heavy atom. The molecule has 2 aromatic rings. The van der Waals surface area contributed by atoms with Gasteiger partial charge in [-0.3, -0.25) is 0 Å². The molecular weight excluding hydrogens is 237 g/mol. The lowest BCUT2D eigenvalue weighted by atomic mass is 10.2. The van der Waals surface area contributed by atoms with Crippen molar-refractivity contribution in [3.05, 3.63) is 45.2 Å². The molecule has 0 bridgehead atoms. The van der Waals surface area contributed by atoms with E-state index in [0.29, 0.717) is 12.4 Å². The summed E-state index contributed by atoms with van der Waals surface area (Å²) in [4.78, 5) is 5.57. The monoisotopic (exact) mass is 251 g/mol. The molecule has 0 aliphatic heterocycles. The molecule has 2 nitrogen and oxygen atoms in total. The number of thiazole rings is 1. The summed E-state index contributed by atoms with van der Waals surface area (Å²) < 4.78 is 18.6. The van der Waals surface area contributed by atoms with Crippen LogP contribution in [0.15, 0.2) is 18.2 Å². The third-order valence-electron chi connectivity index (χ3n) is 2.57. The molecular formula is C13H14FNOS. The highest BCUT2D eigenvalue weighted by Gasteiger charge is 2.06. The van der Waals surface area contributed by atoms with Gasteiger partial charge >= 0.3 is 0 Å². The number of rotatable bonds is 3. The molecule has 0 saturated carbocycles. The number of aryl methyl sites for hydroxylation is 3. The Morgan fingerprint density at radius 1 is 1.29 bits per heavy atom. The van der Waals surface area contributed by atoms with Crippen LogP contribution in [0.2, 0.25) is 0 Å². The van der Waals surface area contributed by atoms with Crippen LogP contribution in [-0.2, 0) is 6.61 Å². The highest BCUT2D eigenvalue weighted by molar-refractivity contribution is 7.11. The summed E-state index contributed by atoms with van der Waals surface area (Å²) in [7, 11) is 0. The first-order valence-corrected chi connectivity index (χ1v) is 6.20. The van der Waals surface area contributed by atoms with Crippen molar-refractivity contribution < 1.29 is 9.13 Å². The van der Waals surface area contributed by atoms with Gasteiger partial charge in [0, 0.05) is 10.9 Å². The third kappa shape index (κ3) is 2.82. The summed E-state index contributed by atoms with van der Waals surface area (Å²) in [5.74, 6) is 0.299. The zero-order chi connectivity index (χ0) is 12.4. The van der Waals surface area contributed by atoms with Crippen LogP contribution in [0.4, 0.5) is 4.39 Å². The molecule has 0 spiro atoms. The molecule has 0 fully saturated rings. The van der Waals surface area contributed by atoms with E-state index in [2.05, 4.69) is 4.98 Å². The van der Waals surface area contributed by atoms with Gasteiger partial charge in [0.05, 0.1) is 5.69 Å². The van der Waals surface area contributed by atoms with Crippen molar-refractivity contribution in [2.24, 2.45) is 0 Å². The number of benzene rings is 1. The van der Waals surface area contributed by atoms with Crippen molar-refractivity contribution in [1.82, 2.24) is 4.98 Å². The molecule has 0 aliphatic carbocycles. The van der Waals surface area contributed by atoms with E-state index in [1.54, 1.807) is 17.4 Å². The van der Waals surface area contributed by atoms with Crippen LogP contribution in [0, 0.1) is 26.6 Å². The lowest BCUT2D eigenvalue weighted by Gasteiger charge is -2.07. The summed E-state index contributed by atoms with van der Waals surface area (Å²) >= 11 is 1.61. The van der Waals surface area contributed by atoms with Gasteiger partial charge in [-0.1, -0.05) is 6.07 Å². The second kappa shape index (κ2) is 4.84. The first kappa shape index (κ1) is 12.0. The van der Waals surface area contributed by atoms with Crippen LogP contribution >= 0.6 is 11.3 Å². The number of hydrogen-bond donors (Lipinski definition) is 0. The van der Waals surface area contributed by atoms with E-state index in [9.17, 15) is 4.39 Å². The smallest absolute Gasteiger partial charge is 0.140 e. The van der Waals surface area contributed by atoms with E-state index in [4.69, 9.17) is 4.74 Å². The zero-order valence-corrected chi connectivity index (χ0v) is 10.9. The minimum absolute atomic E-state index is 0.280. The van der Waals surface area contributed by atoms with Gasteiger partial charge in [0.2, 0.25) is 0 Å². The largest absolute Gasteiger partial charge is 0.486 e. The summed E-state index contributed by atoms with van der Waals surface area (Å²) in [5.41, 5.74) is 1.96. The fourth-order valence-electron chi connectivity index (χ4n) is 1.47. The zero-order valence-electron chi connectivity index (χ0n) is 10.1. The minimum Gasteiger partial charge on any atom is -0.486 e. The number of halogens is 1. The van der Waals surface area contributed by atoms with E-state index < -0.39 is 0 Å². The van der Waals surface area contributed by atoms with Crippen molar-refractivity contribution in [1.29, 1.82) is 0 Å². The Hall–Kier alpha value is -1.42. The number of nitrogens with zero attached hydrogens (tertiary/aromatic N) is 1. The maximum absolute atomic E-state index is 13.0. The van der Waals surface area contributed by atoms with Crippen LogP contribution in [-0.4, -0.2) is 4.98 Å². The van der Waals surface area contributed by atoms with Gasteiger partial charge in [-0.15, -0.1) is 11.3 Å². The predicted molar refractivity (Wildman–Crippen MR) is 67.1 cm³/mol. The van der Waals surface area contributed by atoms with Crippen LogP contribution in [0.3, 0.4) is 0 Å². The molecule has 1 aromatic carbocycles. The summed E-state index contributed by atoms with van der Waals surface area (Å²) in [6, 6.07) is 4.55. The summed E-state index contributed by atoms with van der Waals surface area (Å²) in [6.45, 7) is 6.30. The van der Waals surface area contributed by atoms with Crippen molar-refractivity contribution >= 4 is 11.3 Å². The molecule has 1 aromatic heterocycles. The first-order valence-electron chi connectivity index (χ1n) is 5.38. The summed E-state index contributed by atoms with van der Waals surface area (Å²) in [6.07, 6.45) is 0. The van der Waals surface area contributed by atoms with Gasteiger partial charge in [0.1, 0.15) is 23.2 Å². The predicted octanol–water partition coefficient (Wildman–Crippen LogP) is 3.79. The maximum atomic E-state index is 13.0. The molecule has 4 heteroatoms. The molecule has 0 atom stereocenters. The van der Waals surface area contributed by atoms with Gasteiger partial charge in [-0.2, -0.15) is 0 Å². The average Bonchev–Trinajstić information content (AvgIpc) is 2.60. The maximum Gasteiger partial charge on any atom is 0.140 e. The lowest BCUT2D eigenvalue weighted by molar-refractivity contribution is 0.301. The van der Waals surface area contributed by atoms with E-state index in [0.717, 1.165) is 16.3 Å². The Labute approximate surface area is 104 Å². The Bertz CT molecular complexity index is 517. The van der Waals surface area contributed by atoms with Crippen LogP contribution in [0.25, 0.3) is 0 Å². The molecule has 0 unspecified atom stereocenters. The number of ether oxygens (including phenoxy) is 1. The van der Waals surface area contributed by atoms with Crippen LogP contribution in [0.1, 0.15) is 21.1 Å². The Kier molecular flexibility index (Phi) is 3.43. The van der Waals surface area contributed by atoms with Crippen LogP contribution in [0.5, 0.6) is 5.75 Å². The molecule has 0 amide bonds. The molecule has 0 aliphatic rings. The molecule has 90 valence electrons. The SMILES string of the molecule is Cc1ccc(F)cc1OCc1nc(C)c(C)s1. The third-order valence-corrected chi connectivity index (χ3v) is 3.62. The second-order valence-corrected chi connectivity index (χ2v) is 5.24.